The molecule has 0 radical (unpaired) electrons. The Labute approximate surface area is 146 Å². The van der Waals surface area contributed by atoms with Crippen molar-refractivity contribution < 1.29 is 9.53 Å². The summed E-state index contributed by atoms with van der Waals surface area (Å²) >= 11 is 1.55. The molecular weight excluding hydrogens is 332 g/mol. The molecule has 1 fully saturated rings. The standard InChI is InChI=1S/C17H22N2O2S.ClH/c1-10-14-9-13(21-2)7-8-15(14)22-16(10)17(20)19-12-5-3-11(18)4-6-12;/h7-9,11-12H,3-6,18H2,1-2H3,(H,19,20);1H. The van der Waals surface area contributed by atoms with Crippen LogP contribution in [0.2, 0.25) is 0 Å². The van der Waals surface area contributed by atoms with E-state index in [2.05, 4.69) is 5.32 Å². The van der Waals surface area contributed by atoms with E-state index in [9.17, 15) is 4.79 Å². The molecule has 0 unspecified atom stereocenters. The smallest absolute Gasteiger partial charge is 0.261 e. The van der Waals surface area contributed by atoms with E-state index < -0.39 is 0 Å². The molecule has 0 bridgehead atoms. The Kier molecular flexibility index (Phi) is 5.89. The van der Waals surface area contributed by atoms with Gasteiger partial charge in [0.15, 0.2) is 0 Å². The summed E-state index contributed by atoms with van der Waals surface area (Å²) in [6.07, 6.45) is 3.94. The number of amides is 1. The first-order valence-electron chi connectivity index (χ1n) is 7.72. The summed E-state index contributed by atoms with van der Waals surface area (Å²) in [6, 6.07) is 6.50. The van der Waals surface area contributed by atoms with Crippen molar-refractivity contribution in [3.63, 3.8) is 0 Å². The predicted octanol–water partition coefficient (Wildman–Crippen LogP) is 3.64. The number of nitrogens with two attached hydrogens (primary N) is 1. The van der Waals surface area contributed by atoms with Gasteiger partial charge in [0.25, 0.3) is 5.91 Å². The first kappa shape index (κ1) is 18.0. The molecule has 23 heavy (non-hydrogen) atoms. The normalized spacial score (nSPS) is 20.8. The zero-order chi connectivity index (χ0) is 15.7. The van der Waals surface area contributed by atoms with E-state index in [0.29, 0.717) is 6.04 Å². The average Bonchev–Trinajstić information content (AvgIpc) is 2.86. The third-order valence-corrected chi connectivity index (χ3v) is 5.73. The van der Waals surface area contributed by atoms with Crippen molar-refractivity contribution in [2.45, 2.75) is 44.7 Å². The minimum atomic E-state index is 0. The largest absolute Gasteiger partial charge is 0.497 e. The molecule has 0 spiro atoms. The van der Waals surface area contributed by atoms with Crippen LogP contribution in [-0.2, 0) is 0 Å². The summed E-state index contributed by atoms with van der Waals surface area (Å²) in [4.78, 5) is 13.4. The van der Waals surface area contributed by atoms with Gasteiger partial charge in [0.05, 0.1) is 12.0 Å². The maximum atomic E-state index is 12.6. The number of rotatable bonds is 3. The highest BCUT2D eigenvalue weighted by atomic mass is 35.5. The average molecular weight is 355 g/mol. The number of aryl methyl sites for hydroxylation is 1. The van der Waals surface area contributed by atoms with Gasteiger partial charge in [-0.1, -0.05) is 0 Å². The van der Waals surface area contributed by atoms with Crippen LogP contribution in [0.3, 0.4) is 0 Å². The second kappa shape index (κ2) is 7.51. The topological polar surface area (TPSA) is 64.3 Å². The molecule has 0 aliphatic heterocycles. The third-order valence-electron chi connectivity index (χ3n) is 4.46. The number of fused-ring (bicyclic) bond motifs is 1. The van der Waals surface area contributed by atoms with E-state index in [1.54, 1.807) is 18.4 Å². The van der Waals surface area contributed by atoms with Gasteiger partial charge in [-0.25, -0.2) is 0 Å². The SMILES string of the molecule is COc1ccc2sc(C(=O)NC3CCC(N)CC3)c(C)c2c1.Cl. The number of ether oxygens (including phenoxy) is 1. The van der Waals surface area contributed by atoms with Gasteiger partial charge in [0, 0.05) is 16.8 Å². The second-order valence-corrected chi connectivity index (χ2v) is 7.06. The van der Waals surface area contributed by atoms with Gasteiger partial charge in [0.1, 0.15) is 5.75 Å². The van der Waals surface area contributed by atoms with E-state index in [0.717, 1.165) is 52.0 Å². The summed E-state index contributed by atoms with van der Waals surface area (Å²) < 4.78 is 6.39. The lowest BCUT2D eigenvalue weighted by atomic mass is 9.92. The van der Waals surface area contributed by atoms with Gasteiger partial charge in [-0.3, -0.25) is 4.79 Å². The van der Waals surface area contributed by atoms with Gasteiger partial charge in [-0.2, -0.15) is 0 Å². The molecule has 1 aliphatic carbocycles. The zero-order valence-corrected chi connectivity index (χ0v) is 15.1. The van der Waals surface area contributed by atoms with Crippen molar-refractivity contribution in [1.82, 2.24) is 5.32 Å². The van der Waals surface area contributed by atoms with Gasteiger partial charge in [0.2, 0.25) is 0 Å². The summed E-state index contributed by atoms with van der Waals surface area (Å²) in [5, 5.41) is 4.27. The summed E-state index contributed by atoms with van der Waals surface area (Å²) in [7, 11) is 1.66. The van der Waals surface area contributed by atoms with Crippen LogP contribution in [-0.4, -0.2) is 25.1 Å². The molecule has 126 valence electrons. The van der Waals surface area contributed by atoms with Crippen LogP contribution >= 0.6 is 23.7 Å². The second-order valence-electron chi connectivity index (χ2n) is 6.00. The maximum absolute atomic E-state index is 12.6. The van der Waals surface area contributed by atoms with E-state index in [1.807, 2.05) is 25.1 Å². The first-order valence-corrected chi connectivity index (χ1v) is 8.53. The highest BCUT2D eigenvalue weighted by molar-refractivity contribution is 7.21. The van der Waals surface area contributed by atoms with Crippen LogP contribution < -0.4 is 15.8 Å². The Hall–Kier alpha value is -1.30. The molecule has 0 saturated heterocycles. The molecule has 3 rings (SSSR count). The van der Waals surface area contributed by atoms with Crippen LogP contribution in [0.15, 0.2) is 18.2 Å². The number of methoxy groups -OCH3 is 1. The summed E-state index contributed by atoms with van der Waals surface area (Å²) in [6.45, 7) is 2.00. The highest BCUT2D eigenvalue weighted by Gasteiger charge is 2.22. The van der Waals surface area contributed by atoms with Crippen LogP contribution in [0.5, 0.6) is 5.75 Å². The van der Waals surface area contributed by atoms with Crippen LogP contribution in [0.25, 0.3) is 10.1 Å². The Morgan fingerprint density at radius 1 is 1.30 bits per heavy atom. The molecule has 1 amide bonds. The molecule has 3 N–H and O–H groups in total. The van der Waals surface area contributed by atoms with E-state index in [1.165, 1.54) is 0 Å². The molecule has 1 aromatic carbocycles. The lowest BCUT2D eigenvalue weighted by Gasteiger charge is -2.26. The number of carbonyl (C=O) groups excluding carboxylic acids is 1. The third kappa shape index (κ3) is 3.79. The lowest BCUT2D eigenvalue weighted by Crippen LogP contribution is -2.40. The molecule has 4 nitrogen and oxygen atoms in total. The predicted molar refractivity (Wildman–Crippen MR) is 98.1 cm³/mol. The molecular formula is C17H23ClN2O2S. The lowest BCUT2D eigenvalue weighted by molar-refractivity contribution is 0.0929. The monoisotopic (exact) mass is 354 g/mol. The number of hydrogen-bond donors (Lipinski definition) is 2. The summed E-state index contributed by atoms with van der Waals surface area (Å²) in [5.41, 5.74) is 6.95. The van der Waals surface area contributed by atoms with Gasteiger partial charge >= 0.3 is 0 Å². The fraction of sp³-hybridized carbons (Fsp3) is 0.471. The number of carbonyl (C=O) groups is 1. The minimum absolute atomic E-state index is 0. The quantitative estimate of drug-likeness (QED) is 0.884. The van der Waals surface area contributed by atoms with Crippen LogP contribution in [0.4, 0.5) is 0 Å². The van der Waals surface area contributed by atoms with Crippen molar-refractivity contribution in [2.24, 2.45) is 5.73 Å². The van der Waals surface area contributed by atoms with Crippen molar-refractivity contribution in [3.8, 4) is 5.75 Å². The van der Waals surface area contributed by atoms with Gasteiger partial charge in [-0.05, 0) is 61.8 Å². The van der Waals surface area contributed by atoms with Crippen molar-refractivity contribution >= 4 is 39.7 Å². The van der Waals surface area contributed by atoms with E-state index in [-0.39, 0.29) is 24.4 Å². The van der Waals surface area contributed by atoms with E-state index in [4.69, 9.17) is 10.5 Å². The maximum Gasteiger partial charge on any atom is 0.261 e. The van der Waals surface area contributed by atoms with Crippen molar-refractivity contribution in [3.05, 3.63) is 28.6 Å². The number of thiophene rings is 1. The molecule has 0 atom stereocenters. The van der Waals surface area contributed by atoms with Crippen molar-refractivity contribution in [1.29, 1.82) is 0 Å². The van der Waals surface area contributed by atoms with Crippen LogP contribution in [0.1, 0.15) is 40.9 Å². The molecule has 6 heteroatoms. The van der Waals surface area contributed by atoms with Gasteiger partial charge in [-0.15, -0.1) is 23.7 Å². The highest BCUT2D eigenvalue weighted by Crippen LogP contribution is 2.33. The number of hydrogen-bond acceptors (Lipinski definition) is 4. The Balaban J connectivity index is 0.00000192. The summed E-state index contributed by atoms with van der Waals surface area (Å²) in [5.74, 6) is 0.861. The van der Waals surface area contributed by atoms with Crippen molar-refractivity contribution in [2.75, 3.05) is 7.11 Å². The first-order chi connectivity index (χ1) is 10.6. The Bertz CT molecular complexity index is 693. The Morgan fingerprint density at radius 3 is 2.65 bits per heavy atom. The molecule has 1 saturated carbocycles. The number of benzene rings is 1. The number of halogens is 1. The molecule has 1 heterocycles. The zero-order valence-electron chi connectivity index (χ0n) is 13.4. The fourth-order valence-corrected chi connectivity index (χ4v) is 4.15. The minimum Gasteiger partial charge on any atom is -0.497 e. The fourth-order valence-electron chi connectivity index (χ4n) is 3.06. The van der Waals surface area contributed by atoms with Gasteiger partial charge < -0.3 is 15.8 Å². The van der Waals surface area contributed by atoms with E-state index >= 15 is 0 Å². The number of nitrogens with one attached hydrogen (secondary N) is 1. The Morgan fingerprint density at radius 2 is 2.00 bits per heavy atom. The molecule has 1 aliphatic rings. The van der Waals surface area contributed by atoms with Crippen LogP contribution in [0, 0.1) is 6.92 Å². The molecule has 1 aromatic heterocycles. The molecule has 2 aromatic rings.